The predicted octanol–water partition coefficient (Wildman–Crippen LogP) is 12.5. The van der Waals surface area contributed by atoms with E-state index in [4.69, 9.17) is 0 Å². The topological polar surface area (TPSA) is 6.48 Å². The van der Waals surface area contributed by atoms with Gasteiger partial charge in [-0.05, 0) is 111 Å². The molecule has 7 rings (SSSR count). The van der Waals surface area contributed by atoms with Crippen LogP contribution in [-0.2, 0) is 5.41 Å². The average Bonchev–Trinajstić information content (AvgIpc) is 3.12. The van der Waals surface area contributed by atoms with E-state index >= 15 is 0 Å². The van der Waals surface area contributed by atoms with Crippen LogP contribution in [0.15, 0.2) is 158 Å². The van der Waals surface area contributed by atoms with Gasteiger partial charge in [0.15, 0.2) is 0 Å². The molecule has 0 N–H and O–H groups in total. The first-order valence-electron chi connectivity index (χ1n) is 16.7. The van der Waals surface area contributed by atoms with Gasteiger partial charge in [0.25, 0.3) is 0 Å². The highest BCUT2D eigenvalue weighted by Gasteiger charge is 2.36. The summed E-state index contributed by atoms with van der Waals surface area (Å²) < 4.78 is 0. The van der Waals surface area contributed by atoms with E-state index in [2.05, 4.69) is 181 Å². The number of hydrogen-bond acceptors (Lipinski definition) is 2. The normalized spacial score (nSPS) is 14.0. The van der Waals surface area contributed by atoms with Crippen LogP contribution in [0.4, 0.5) is 34.1 Å². The summed E-state index contributed by atoms with van der Waals surface area (Å²) in [5.41, 5.74) is 12.4. The molecule has 1 aliphatic rings. The average molecular weight is 599 g/mol. The lowest BCUT2D eigenvalue weighted by molar-refractivity contribution is 0.346. The number of para-hydroxylation sites is 2. The molecule has 46 heavy (non-hydrogen) atoms. The highest BCUT2D eigenvalue weighted by atomic mass is 15.1. The summed E-state index contributed by atoms with van der Waals surface area (Å²) in [4.78, 5) is 4.71. The second kappa shape index (κ2) is 13.1. The first-order valence-corrected chi connectivity index (χ1v) is 16.7. The maximum atomic E-state index is 2.39. The minimum atomic E-state index is 0.0121. The van der Waals surface area contributed by atoms with Crippen LogP contribution in [0.1, 0.15) is 54.4 Å². The molecule has 0 aromatic heterocycles. The Morgan fingerprint density at radius 2 is 0.652 bits per heavy atom. The Morgan fingerprint density at radius 1 is 0.348 bits per heavy atom. The molecule has 6 aromatic rings. The molecule has 1 aliphatic carbocycles. The number of nitrogens with zero attached hydrogens (tertiary/aromatic N) is 2. The zero-order chi connectivity index (χ0) is 31.3. The summed E-state index contributed by atoms with van der Waals surface area (Å²) in [6.45, 7) is 4.28. The summed E-state index contributed by atoms with van der Waals surface area (Å²) in [5.74, 6) is 0. The van der Waals surface area contributed by atoms with Gasteiger partial charge in [0.05, 0.1) is 0 Å². The van der Waals surface area contributed by atoms with Crippen molar-refractivity contribution in [1.29, 1.82) is 0 Å². The summed E-state index contributed by atoms with van der Waals surface area (Å²) in [5, 5.41) is 0. The molecule has 0 aliphatic heterocycles. The van der Waals surface area contributed by atoms with Crippen molar-refractivity contribution in [2.45, 2.75) is 51.4 Å². The highest BCUT2D eigenvalue weighted by Crippen LogP contribution is 2.47. The van der Waals surface area contributed by atoms with Gasteiger partial charge < -0.3 is 9.80 Å². The van der Waals surface area contributed by atoms with Gasteiger partial charge >= 0.3 is 0 Å². The fourth-order valence-corrected chi connectivity index (χ4v) is 7.19. The van der Waals surface area contributed by atoms with E-state index in [0.717, 1.165) is 0 Å². The van der Waals surface area contributed by atoms with Gasteiger partial charge in [-0.1, -0.05) is 115 Å². The van der Waals surface area contributed by atoms with E-state index in [9.17, 15) is 0 Å². The smallest absolute Gasteiger partial charge is 0.0461 e. The van der Waals surface area contributed by atoms with Gasteiger partial charge in [-0.15, -0.1) is 0 Å². The Hall–Kier alpha value is -5.08. The van der Waals surface area contributed by atoms with Crippen LogP contribution in [0.3, 0.4) is 0 Å². The van der Waals surface area contributed by atoms with Gasteiger partial charge in [0, 0.05) is 39.5 Å². The maximum Gasteiger partial charge on any atom is 0.0461 e. The first-order chi connectivity index (χ1) is 22.6. The zero-order valence-electron chi connectivity index (χ0n) is 26.9. The predicted molar refractivity (Wildman–Crippen MR) is 196 cm³/mol. The van der Waals surface area contributed by atoms with Crippen molar-refractivity contribution in [2.24, 2.45) is 0 Å². The number of aryl methyl sites for hydroxylation is 2. The van der Waals surface area contributed by atoms with Crippen LogP contribution >= 0.6 is 0 Å². The highest BCUT2D eigenvalue weighted by molar-refractivity contribution is 5.78. The lowest BCUT2D eigenvalue weighted by Crippen LogP contribution is -2.30. The Kier molecular flexibility index (Phi) is 8.44. The number of hydrogen-bond donors (Lipinski definition) is 0. The molecule has 0 unspecified atom stereocenters. The van der Waals surface area contributed by atoms with Crippen LogP contribution in [0, 0.1) is 13.8 Å². The standard InChI is InChI=1S/C44H42N2/c1-34-16-24-40(25-17-34)45(38-12-6-3-7-13-38)42-28-20-36(21-29-42)44(32-10-5-11-33-44)37-22-30-43(31-23-37)46(39-14-8-4-9-15-39)41-26-18-35(2)19-27-41/h3-4,6-9,12-31H,5,10-11,32-33H2,1-2H3. The van der Waals surface area contributed by atoms with Gasteiger partial charge in [-0.2, -0.15) is 0 Å². The number of benzene rings is 6. The van der Waals surface area contributed by atoms with E-state index in [1.807, 2.05) is 0 Å². The third kappa shape index (κ3) is 5.96. The first kappa shape index (κ1) is 29.6. The minimum absolute atomic E-state index is 0.0121. The third-order valence-electron chi connectivity index (χ3n) is 9.68. The lowest BCUT2D eigenvalue weighted by atomic mass is 9.65. The molecular weight excluding hydrogens is 556 g/mol. The van der Waals surface area contributed by atoms with Crippen LogP contribution < -0.4 is 9.80 Å². The molecule has 228 valence electrons. The molecule has 2 heteroatoms. The van der Waals surface area contributed by atoms with Crippen molar-refractivity contribution in [3.05, 3.63) is 180 Å². The zero-order valence-corrected chi connectivity index (χ0v) is 26.9. The molecule has 0 spiro atoms. The fourth-order valence-electron chi connectivity index (χ4n) is 7.19. The van der Waals surface area contributed by atoms with Gasteiger partial charge in [-0.25, -0.2) is 0 Å². The Bertz CT molecular complexity index is 1700. The Labute approximate surface area is 274 Å². The molecule has 0 amide bonds. The molecule has 1 saturated carbocycles. The van der Waals surface area contributed by atoms with Crippen LogP contribution in [0.2, 0.25) is 0 Å². The molecule has 0 atom stereocenters. The van der Waals surface area contributed by atoms with Crippen molar-refractivity contribution < 1.29 is 0 Å². The number of rotatable bonds is 8. The summed E-state index contributed by atoms with van der Waals surface area (Å²) in [7, 11) is 0. The molecular formula is C44H42N2. The molecule has 0 radical (unpaired) electrons. The summed E-state index contributed by atoms with van der Waals surface area (Å²) in [6, 6.07) is 57.9. The molecule has 0 heterocycles. The molecule has 6 aromatic carbocycles. The summed E-state index contributed by atoms with van der Waals surface area (Å²) in [6.07, 6.45) is 6.16. The van der Waals surface area contributed by atoms with Gasteiger partial charge in [-0.3, -0.25) is 0 Å². The van der Waals surface area contributed by atoms with Crippen molar-refractivity contribution in [3.8, 4) is 0 Å². The SMILES string of the molecule is Cc1ccc(N(c2ccccc2)c2ccc(C3(c4ccc(N(c5ccccc5)c5ccc(C)cc5)cc4)CCCCC3)cc2)cc1. The van der Waals surface area contributed by atoms with Crippen LogP contribution in [-0.4, -0.2) is 0 Å². The number of anilines is 6. The van der Waals surface area contributed by atoms with Crippen molar-refractivity contribution in [3.63, 3.8) is 0 Å². The van der Waals surface area contributed by atoms with Crippen molar-refractivity contribution in [2.75, 3.05) is 9.80 Å². The molecule has 1 fully saturated rings. The van der Waals surface area contributed by atoms with E-state index in [1.165, 1.54) is 88.5 Å². The van der Waals surface area contributed by atoms with E-state index in [-0.39, 0.29) is 5.41 Å². The molecule has 2 nitrogen and oxygen atoms in total. The van der Waals surface area contributed by atoms with Crippen molar-refractivity contribution >= 4 is 34.1 Å². The van der Waals surface area contributed by atoms with E-state index in [1.54, 1.807) is 0 Å². The van der Waals surface area contributed by atoms with Gasteiger partial charge in [0.2, 0.25) is 0 Å². The van der Waals surface area contributed by atoms with E-state index < -0.39 is 0 Å². The largest absolute Gasteiger partial charge is 0.311 e. The van der Waals surface area contributed by atoms with E-state index in [0.29, 0.717) is 0 Å². The minimum Gasteiger partial charge on any atom is -0.311 e. The quantitative estimate of drug-likeness (QED) is 0.172. The fraction of sp³-hybridized carbons (Fsp3) is 0.182. The van der Waals surface area contributed by atoms with Crippen LogP contribution in [0.5, 0.6) is 0 Å². The Morgan fingerprint density at radius 3 is 1.00 bits per heavy atom. The third-order valence-corrected chi connectivity index (χ3v) is 9.68. The van der Waals surface area contributed by atoms with Crippen LogP contribution in [0.25, 0.3) is 0 Å². The second-order valence-electron chi connectivity index (χ2n) is 12.7. The maximum absolute atomic E-state index is 2.39. The summed E-state index contributed by atoms with van der Waals surface area (Å²) >= 11 is 0. The van der Waals surface area contributed by atoms with Crippen molar-refractivity contribution in [1.82, 2.24) is 0 Å². The Balaban J connectivity index is 1.25. The monoisotopic (exact) mass is 598 g/mol. The second-order valence-corrected chi connectivity index (χ2v) is 12.7. The molecule has 0 saturated heterocycles. The molecule has 0 bridgehead atoms. The lowest BCUT2D eigenvalue weighted by Gasteiger charge is -2.39. The van der Waals surface area contributed by atoms with Gasteiger partial charge in [0.1, 0.15) is 0 Å².